The second-order valence-electron chi connectivity index (χ2n) is 6.01. The summed E-state index contributed by atoms with van der Waals surface area (Å²) < 4.78 is 5.75. The van der Waals surface area contributed by atoms with Crippen LogP contribution in [0.25, 0.3) is 0 Å². The van der Waals surface area contributed by atoms with E-state index in [1.54, 1.807) is 0 Å². The fourth-order valence-electron chi connectivity index (χ4n) is 2.77. The SMILES string of the molecule is Cc1cc(C)cc(OCCCN2CCC(N)(C(=O)O)C2)c1. The summed E-state index contributed by atoms with van der Waals surface area (Å²) >= 11 is 0. The molecule has 5 heteroatoms. The molecule has 0 aromatic heterocycles. The van der Waals surface area contributed by atoms with Crippen LogP contribution in [0.2, 0.25) is 0 Å². The maximum Gasteiger partial charge on any atom is 0.325 e. The number of benzene rings is 1. The molecular weight excluding hydrogens is 268 g/mol. The van der Waals surface area contributed by atoms with Gasteiger partial charge in [-0.25, -0.2) is 0 Å². The average Bonchev–Trinajstić information content (AvgIpc) is 2.77. The first-order chi connectivity index (χ1) is 9.89. The summed E-state index contributed by atoms with van der Waals surface area (Å²) in [6, 6.07) is 6.17. The van der Waals surface area contributed by atoms with Gasteiger partial charge in [-0.2, -0.15) is 0 Å². The largest absolute Gasteiger partial charge is 0.494 e. The average molecular weight is 292 g/mol. The molecule has 1 heterocycles. The predicted molar refractivity (Wildman–Crippen MR) is 81.6 cm³/mol. The second kappa shape index (κ2) is 6.45. The van der Waals surface area contributed by atoms with Gasteiger partial charge < -0.3 is 20.5 Å². The lowest BCUT2D eigenvalue weighted by Crippen LogP contribution is -2.50. The van der Waals surface area contributed by atoms with Crippen LogP contribution in [0.15, 0.2) is 18.2 Å². The van der Waals surface area contributed by atoms with Crippen molar-refractivity contribution in [2.45, 2.75) is 32.2 Å². The number of rotatable bonds is 6. The predicted octanol–water partition coefficient (Wildman–Crippen LogP) is 1.56. The summed E-state index contributed by atoms with van der Waals surface area (Å²) in [4.78, 5) is 13.2. The smallest absolute Gasteiger partial charge is 0.325 e. The Hall–Kier alpha value is -1.59. The molecule has 116 valence electrons. The fourth-order valence-corrected chi connectivity index (χ4v) is 2.77. The highest BCUT2D eigenvalue weighted by atomic mass is 16.5. The molecule has 3 N–H and O–H groups in total. The van der Waals surface area contributed by atoms with Gasteiger partial charge in [-0.15, -0.1) is 0 Å². The van der Waals surface area contributed by atoms with Crippen molar-refractivity contribution in [3.63, 3.8) is 0 Å². The third kappa shape index (κ3) is 4.19. The van der Waals surface area contributed by atoms with Crippen LogP contribution in [0, 0.1) is 13.8 Å². The molecule has 1 aromatic carbocycles. The molecule has 21 heavy (non-hydrogen) atoms. The number of ether oxygens (including phenoxy) is 1. The highest BCUT2D eigenvalue weighted by Gasteiger charge is 2.40. The van der Waals surface area contributed by atoms with Crippen LogP contribution in [0.4, 0.5) is 0 Å². The van der Waals surface area contributed by atoms with Crippen LogP contribution in [0.3, 0.4) is 0 Å². The number of aliphatic carboxylic acids is 1. The van der Waals surface area contributed by atoms with Gasteiger partial charge in [0.25, 0.3) is 0 Å². The summed E-state index contributed by atoms with van der Waals surface area (Å²) in [6.07, 6.45) is 1.38. The van der Waals surface area contributed by atoms with Crippen LogP contribution < -0.4 is 10.5 Å². The minimum absolute atomic E-state index is 0.423. The van der Waals surface area contributed by atoms with Crippen molar-refractivity contribution in [3.05, 3.63) is 29.3 Å². The summed E-state index contributed by atoms with van der Waals surface area (Å²) in [5.74, 6) is -0.0101. The molecule has 1 aromatic rings. The molecule has 0 radical (unpaired) electrons. The van der Waals surface area contributed by atoms with E-state index in [-0.39, 0.29) is 0 Å². The van der Waals surface area contributed by atoms with E-state index in [1.807, 2.05) is 12.1 Å². The number of hydrogen-bond acceptors (Lipinski definition) is 4. The zero-order chi connectivity index (χ0) is 15.5. The monoisotopic (exact) mass is 292 g/mol. The van der Waals surface area contributed by atoms with E-state index in [4.69, 9.17) is 15.6 Å². The molecule has 1 saturated heterocycles. The molecule has 1 fully saturated rings. The van der Waals surface area contributed by atoms with Gasteiger partial charge in [0.2, 0.25) is 0 Å². The first-order valence-corrected chi connectivity index (χ1v) is 7.35. The lowest BCUT2D eigenvalue weighted by molar-refractivity contribution is -0.142. The quantitative estimate of drug-likeness (QED) is 0.778. The molecule has 0 spiro atoms. The Balaban J connectivity index is 1.72. The molecule has 0 saturated carbocycles. The van der Waals surface area contributed by atoms with Gasteiger partial charge in [0, 0.05) is 19.6 Å². The summed E-state index contributed by atoms with van der Waals surface area (Å²) in [6.45, 7) is 6.72. The fraction of sp³-hybridized carbons (Fsp3) is 0.562. The Morgan fingerprint density at radius 1 is 1.38 bits per heavy atom. The molecule has 0 aliphatic carbocycles. The van der Waals surface area contributed by atoms with E-state index in [1.165, 1.54) is 11.1 Å². The topological polar surface area (TPSA) is 75.8 Å². The zero-order valence-electron chi connectivity index (χ0n) is 12.8. The molecular formula is C16H24N2O3. The number of carboxylic acid groups (broad SMARTS) is 1. The number of nitrogens with zero attached hydrogens (tertiary/aromatic N) is 1. The van der Waals surface area contributed by atoms with E-state index in [0.29, 0.717) is 19.6 Å². The maximum absolute atomic E-state index is 11.1. The van der Waals surface area contributed by atoms with E-state index in [0.717, 1.165) is 25.3 Å². The Morgan fingerprint density at radius 2 is 2.05 bits per heavy atom. The number of likely N-dealkylation sites (tertiary alicyclic amines) is 1. The molecule has 1 aliphatic heterocycles. The molecule has 1 atom stereocenters. The van der Waals surface area contributed by atoms with Crippen molar-refractivity contribution >= 4 is 5.97 Å². The van der Waals surface area contributed by atoms with Gasteiger partial charge in [-0.3, -0.25) is 4.79 Å². The molecule has 0 bridgehead atoms. The van der Waals surface area contributed by atoms with Crippen LogP contribution in [-0.4, -0.2) is 47.8 Å². The van der Waals surface area contributed by atoms with Crippen molar-refractivity contribution in [1.82, 2.24) is 4.90 Å². The Morgan fingerprint density at radius 3 is 2.62 bits per heavy atom. The third-order valence-corrected chi connectivity index (χ3v) is 3.89. The van der Waals surface area contributed by atoms with Gasteiger partial charge in [-0.05, 0) is 49.9 Å². The van der Waals surface area contributed by atoms with Crippen molar-refractivity contribution in [1.29, 1.82) is 0 Å². The van der Waals surface area contributed by atoms with E-state index in [2.05, 4.69) is 24.8 Å². The van der Waals surface area contributed by atoms with Gasteiger partial charge >= 0.3 is 5.97 Å². The second-order valence-corrected chi connectivity index (χ2v) is 6.01. The van der Waals surface area contributed by atoms with E-state index >= 15 is 0 Å². The van der Waals surface area contributed by atoms with Crippen molar-refractivity contribution < 1.29 is 14.6 Å². The minimum atomic E-state index is -1.07. The summed E-state index contributed by atoms with van der Waals surface area (Å²) in [5, 5.41) is 9.09. The summed E-state index contributed by atoms with van der Waals surface area (Å²) in [7, 11) is 0. The number of nitrogens with two attached hydrogens (primary N) is 1. The Kier molecular flexibility index (Phi) is 4.85. The van der Waals surface area contributed by atoms with Gasteiger partial charge in [0.05, 0.1) is 6.61 Å². The maximum atomic E-state index is 11.1. The van der Waals surface area contributed by atoms with E-state index in [9.17, 15) is 4.79 Å². The van der Waals surface area contributed by atoms with Crippen LogP contribution in [-0.2, 0) is 4.79 Å². The zero-order valence-corrected chi connectivity index (χ0v) is 12.8. The molecule has 2 rings (SSSR count). The lowest BCUT2D eigenvalue weighted by atomic mass is 10.0. The van der Waals surface area contributed by atoms with Crippen molar-refractivity contribution in [3.8, 4) is 5.75 Å². The first kappa shape index (κ1) is 15.8. The van der Waals surface area contributed by atoms with Crippen molar-refractivity contribution in [2.75, 3.05) is 26.2 Å². The highest BCUT2D eigenvalue weighted by molar-refractivity contribution is 5.79. The van der Waals surface area contributed by atoms with Crippen LogP contribution in [0.5, 0.6) is 5.75 Å². The number of aryl methyl sites for hydroxylation is 2. The molecule has 1 unspecified atom stereocenters. The number of carboxylic acids is 1. The van der Waals surface area contributed by atoms with Gasteiger partial charge in [0.1, 0.15) is 11.3 Å². The molecule has 5 nitrogen and oxygen atoms in total. The van der Waals surface area contributed by atoms with Gasteiger partial charge in [-0.1, -0.05) is 6.07 Å². The molecule has 0 amide bonds. The normalized spacial score (nSPS) is 22.4. The highest BCUT2D eigenvalue weighted by Crippen LogP contribution is 2.19. The van der Waals surface area contributed by atoms with Crippen LogP contribution >= 0.6 is 0 Å². The van der Waals surface area contributed by atoms with Crippen molar-refractivity contribution in [2.24, 2.45) is 5.73 Å². The molecule has 1 aliphatic rings. The standard InChI is InChI=1S/C16H24N2O3/c1-12-8-13(2)10-14(9-12)21-7-3-5-18-6-4-16(17,11-18)15(19)20/h8-10H,3-7,11,17H2,1-2H3,(H,19,20). The van der Waals surface area contributed by atoms with Gasteiger partial charge in [0.15, 0.2) is 0 Å². The van der Waals surface area contributed by atoms with E-state index < -0.39 is 11.5 Å². The number of hydrogen-bond donors (Lipinski definition) is 2. The third-order valence-electron chi connectivity index (χ3n) is 3.89. The first-order valence-electron chi connectivity index (χ1n) is 7.35. The Bertz CT molecular complexity index is 498. The Labute approximate surface area is 125 Å². The lowest BCUT2D eigenvalue weighted by Gasteiger charge is -2.20. The number of carbonyl (C=O) groups is 1. The summed E-state index contributed by atoms with van der Waals surface area (Å²) in [5.41, 5.74) is 7.16. The van der Waals surface area contributed by atoms with Crippen LogP contribution in [0.1, 0.15) is 24.0 Å². The minimum Gasteiger partial charge on any atom is -0.494 e.